The minimum Gasteiger partial charge on any atom is -0.368 e. The van der Waals surface area contributed by atoms with Crippen LogP contribution in [0.5, 0.6) is 0 Å². The predicted molar refractivity (Wildman–Crippen MR) is 52.4 cm³/mol. The van der Waals surface area contributed by atoms with Crippen LogP contribution in [-0.2, 0) is 14.4 Å². The van der Waals surface area contributed by atoms with E-state index in [9.17, 15) is 14.4 Å². The molecule has 0 bridgehead atoms. The molecule has 6 heteroatoms. The minimum atomic E-state index is -0.780. The largest absolute Gasteiger partial charge is 0.368 e. The van der Waals surface area contributed by atoms with E-state index in [1.54, 1.807) is 13.8 Å². The Labute approximate surface area is 88.0 Å². The maximum atomic E-state index is 11.6. The summed E-state index contributed by atoms with van der Waals surface area (Å²) in [5.41, 5.74) is 4.26. The van der Waals surface area contributed by atoms with Crippen molar-refractivity contribution in [2.24, 2.45) is 5.73 Å². The molecular weight excluding hydrogens is 198 g/mol. The lowest BCUT2D eigenvalue weighted by Gasteiger charge is -2.36. The molecule has 0 aromatic heterocycles. The normalized spacial score (nSPS) is 19.5. The molecule has 0 aliphatic carbocycles. The van der Waals surface area contributed by atoms with Crippen molar-refractivity contribution >= 4 is 17.7 Å². The second-order valence-electron chi connectivity index (χ2n) is 4.05. The summed E-state index contributed by atoms with van der Waals surface area (Å²) in [5, 5.41) is 0. The van der Waals surface area contributed by atoms with Gasteiger partial charge in [-0.1, -0.05) is 0 Å². The summed E-state index contributed by atoms with van der Waals surface area (Å²) < 4.78 is 0. The van der Waals surface area contributed by atoms with E-state index in [-0.39, 0.29) is 24.9 Å². The first-order valence-electron chi connectivity index (χ1n) is 4.64. The van der Waals surface area contributed by atoms with Crippen LogP contribution in [0.4, 0.5) is 0 Å². The van der Waals surface area contributed by atoms with Gasteiger partial charge in [0.05, 0.1) is 0 Å². The topological polar surface area (TPSA) is 83.7 Å². The Morgan fingerprint density at radius 2 is 2.00 bits per heavy atom. The van der Waals surface area contributed by atoms with Crippen LogP contribution in [0, 0.1) is 0 Å². The minimum absolute atomic E-state index is 0.00954. The molecule has 0 aromatic rings. The molecular formula is C9H15N3O3. The van der Waals surface area contributed by atoms with Crippen LogP contribution in [0.25, 0.3) is 0 Å². The average Bonchev–Trinajstić information content (AvgIpc) is 2.27. The summed E-state index contributed by atoms with van der Waals surface area (Å²) in [7, 11) is 0. The van der Waals surface area contributed by atoms with Gasteiger partial charge in [0.15, 0.2) is 0 Å². The van der Waals surface area contributed by atoms with Crippen LogP contribution in [0.3, 0.4) is 0 Å². The summed E-state index contributed by atoms with van der Waals surface area (Å²) in [5.74, 6) is -1.03. The zero-order valence-electron chi connectivity index (χ0n) is 9.11. The average molecular weight is 213 g/mol. The van der Waals surface area contributed by atoms with Gasteiger partial charge >= 0.3 is 0 Å². The molecule has 0 spiro atoms. The summed E-state index contributed by atoms with van der Waals surface area (Å²) in [4.78, 5) is 36.4. The van der Waals surface area contributed by atoms with Crippen LogP contribution >= 0.6 is 0 Å². The van der Waals surface area contributed by atoms with Crippen molar-refractivity contribution in [1.82, 2.24) is 9.80 Å². The highest BCUT2D eigenvalue weighted by Gasteiger charge is 2.45. The number of nitrogens with zero attached hydrogens (tertiary/aromatic N) is 2. The third-order valence-corrected chi connectivity index (χ3v) is 2.61. The zero-order chi connectivity index (χ0) is 11.8. The Balaban J connectivity index is 2.94. The van der Waals surface area contributed by atoms with Gasteiger partial charge in [-0.3, -0.25) is 14.4 Å². The van der Waals surface area contributed by atoms with E-state index in [1.165, 1.54) is 16.7 Å². The fraction of sp³-hybridized carbons (Fsp3) is 0.667. The van der Waals surface area contributed by atoms with Gasteiger partial charge in [0.2, 0.25) is 17.7 Å². The molecule has 0 atom stereocenters. The summed E-state index contributed by atoms with van der Waals surface area (Å²) in [6.45, 7) is 4.67. The van der Waals surface area contributed by atoms with Crippen LogP contribution in [-0.4, -0.2) is 46.3 Å². The molecule has 0 aromatic carbocycles. The molecule has 1 heterocycles. The second kappa shape index (κ2) is 3.52. The molecule has 1 saturated heterocycles. The second-order valence-corrected chi connectivity index (χ2v) is 4.05. The Hall–Kier alpha value is -1.59. The van der Waals surface area contributed by atoms with E-state index in [4.69, 9.17) is 5.73 Å². The van der Waals surface area contributed by atoms with Crippen LogP contribution < -0.4 is 5.73 Å². The standard InChI is InChI=1S/C9H15N3O3/c1-6(13)11-5-8(15)12(4-7(10)14)9(11,2)3/h4-5H2,1-3H3,(H2,10,14). The van der Waals surface area contributed by atoms with E-state index in [0.29, 0.717) is 0 Å². The molecule has 1 aliphatic heterocycles. The third-order valence-electron chi connectivity index (χ3n) is 2.61. The number of carbonyl (C=O) groups excluding carboxylic acids is 3. The van der Waals surface area contributed by atoms with Crippen molar-refractivity contribution < 1.29 is 14.4 Å². The van der Waals surface area contributed by atoms with Crippen molar-refractivity contribution in [3.05, 3.63) is 0 Å². The van der Waals surface area contributed by atoms with Gasteiger partial charge in [0.1, 0.15) is 18.8 Å². The zero-order valence-corrected chi connectivity index (χ0v) is 9.11. The Bertz CT molecular complexity index is 325. The predicted octanol–water partition coefficient (Wildman–Crippen LogP) is -1.10. The number of rotatable bonds is 2. The van der Waals surface area contributed by atoms with Gasteiger partial charge in [-0.2, -0.15) is 0 Å². The number of hydrogen-bond acceptors (Lipinski definition) is 3. The fourth-order valence-electron chi connectivity index (χ4n) is 1.80. The molecule has 0 saturated carbocycles. The maximum absolute atomic E-state index is 11.6. The van der Waals surface area contributed by atoms with Crippen LogP contribution in [0.1, 0.15) is 20.8 Å². The van der Waals surface area contributed by atoms with Crippen molar-refractivity contribution in [1.29, 1.82) is 0 Å². The van der Waals surface area contributed by atoms with E-state index < -0.39 is 11.6 Å². The number of primary amides is 1. The first-order chi connectivity index (χ1) is 6.76. The van der Waals surface area contributed by atoms with E-state index in [0.717, 1.165) is 0 Å². The lowest BCUT2D eigenvalue weighted by Crippen LogP contribution is -2.52. The molecule has 6 nitrogen and oxygen atoms in total. The summed E-state index contributed by atoms with van der Waals surface area (Å²) in [6.07, 6.45) is 0. The first-order valence-corrected chi connectivity index (χ1v) is 4.64. The molecule has 15 heavy (non-hydrogen) atoms. The maximum Gasteiger partial charge on any atom is 0.244 e. The number of hydrogen-bond donors (Lipinski definition) is 1. The molecule has 2 N–H and O–H groups in total. The van der Waals surface area contributed by atoms with E-state index in [1.807, 2.05) is 0 Å². The quantitative estimate of drug-likeness (QED) is 0.631. The van der Waals surface area contributed by atoms with Crippen molar-refractivity contribution in [2.45, 2.75) is 26.4 Å². The SMILES string of the molecule is CC(=O)N1CC(=O)N(CC(N)=O)C1(C)C. The molecule has 84 valence electrons. The van der Waals surface area contributed by atoms with Crippen LogP contribution in [0.2, 0.25) is 0 Å². The molecule has 1 aliphatic rings. The van der Waals surface area contributed by atoms with E-state index >= 15 is 0 Å². The Kier molecular flexibility index (Phi) is 2.70. The molecule has 0 radical (unpaired) electrons. The molecule has 0 unspecified atom stereocenters. The monoisotopic (exact) mass is 213 g/mol. The smallest absolute Gasteiger partial charge is 0.244 e. The summed E-state index contributed by atoms with van der Waals surface area (Å²) in [6, 6.07) is 0. The van der Waals surface area contributed by atoms with Gasteiger partial charge in [-0.15, -0.1) is 0 Å². The Morgan fingerprint density at radius 1 is 1.47 bits per heavy atom. The third kappa shape index (κ3) is 1.93. The first kappa shape index (κ1) is 11.5. The van der Waals surface area contributed by atoms with Gasteiger partial charge < -0.3 is 15.5 Å². The molecule has 3 amide bonds. The van der Waals surface area contributed by atoms with Gasteiger partial charge in [-0.05, 0) is 13.8 Å². The molecule has 1 fully saturated rings. The van der Waals surface area contributed by atoms with Gasteiger partial charge in [0, 0.05) is 6.92 Å². The number of nitrogens with two attached hydrogens (primary N) is 1. The van der Waals surface area contributed by atoms with E-state index in [2.05, 4.69) is 0 Å². The van der Waals surface area contributed by atoms with Crippen molar-refractivity contribution in [3.63, 3.8) is 0 Å². The molecule has 1 rings (SSSR count). The van der Waals surface area contributed by atoms with Crippen molar-refractivity contribution in [3.8, 4) is 0 Å². The van der Waals surface area contributed by atoms with Gasteiger partial charge in [-0.25, -0.2) is 0 Å². The highest BCUT2D eigenvalue weighted by Crippen LogP contribution is 2.26. The highest BCUT2D eigenvalue weighted by molar-refractivity contribution is 5.91. The fourth-order valence-corrected chi connectivity index (χ4v) is 1.80. The van der Waals surface area contributed by atoms with Crippen molar-refractivity contribution in [2.75, 3.05) is 13.1 Å². The highest BCUT2D eigenvalue weighted by atomic mass is 16.2. The summed E-state index contributed by atoms with van der Waals surface area (Å²) >= 11 is 0. The lowest BCUT2D eigenvalue weighted by molar-refractivity contribution is -0.139. The number of amides is 3. The van der Waals surface area contributed by atoms with Gasteiger partial charge in [0.25, 0.3) is 0 Å². The number of carbonyl (C=O) groups is 3. The Morgan fingerprint density at radius 3 is 2.33 bits per heavy atom. The lowest BCUT2D eigenvalue weighted by atomic mass is 10.2. The van der Waals surface area contributed by atoms with Crippen LogP contribution in [0.15, 0.2) is 0 Å².